The standard InChI is InChI=1S/C20H20F3N3O/c21-12-3-1-11(2-4-12)19-14(5-6-25-17-9-24-10-18(17)27)15-7-13(22)8-16(23)20(15)26-19/h1-4,7-8,17-18,24-27H,5-6,9-10H2/t17-,18+/m0/s1. The molecule has 1 fully saturated rings. The molecule has 1 aromatic heterocycles. The van der Waals surface area contributed by atoms with E-state index >= 15 is 0 Å². The van der Waals surface area contributed by atoms with E-state index in [2.05, 4.69) is 15.6 Å². The zero-order valence-corrected chi connectivity index (χ0v) is 14.5. The zero-order valence-electron chi connectivity index (χ0n) is 14.5. The van der Waals surface area contributed by atoms with E-state index < -0.39 is 17.7 Å². The van der Waals surface area contributed by atoms with Crippen LogP contribution in [0.3, 0.4) is 0 Å². The van der Waals surface area contributed by atoms with Crippen LogP contribution in [0.5, 0.6) is 0 Å². The Hall–Kier alpha value is -2.35. The van der Waals surface area contributed by atoms with E-state index in [1.54, 1.807) is 12.1 Å². The van der Waals surface area contributed by atoms with Crippen LogP contribution in [-0.2, 0) is 6.42 Å². The van der Waals surface area contributed by atoms with E-state index in [-0.39, 0.29) is 17.4 Å². The molecule has 2 heterocycles. The molecule has 0 bridgehead atoms. The van der Waals surface area contributed by atoms with Crippen molar-refractivity contribution in [3.8, 4) is 11.3 Å². The van der Waals surface area contributed by atoms with Gasteiger partial charge in [0.1, 0.15) is 17.5 Å². The number of rotatable bonds is 5. The molecule has 0 amide bonds. The summed E-state index contributed by atoms with van der Waals surface area (Å²) < 4.78 is 41.3. The number of aliphatic hydroxyl groups excluding tert-OH is 1. The minimum absolute atomic E-state index is 0.0575. The minimum atomic E-state index is -0.664. The molecule has 2 atom stereocenters. The van der Waals surface area contributed by atoms with Crippen molar-refractivity contribution >= 4 is 10.9 Å². The number of nitrogens with one attached hydrogen (secondary N) is 3. The number of hydrogen-bond donors (Lipinski definition) is 4. The van der Waals surface area contributed by atoms with Crippen LogP contribution in [0, 0.1) is 17.5 Å². The molecule has 2 aromatic carbocycles. The van der Waals surface area contributed by atoms with Gasteiger partial charge in [0.05, 0.1) is 11.6 Å². The van der Waals surface area contributed by atoms with Crippen LogP contribution in [0.15, 0.2) is 36.4 Å². The van der Waals surface area contributed by atoms with Gasteiger partial charge in [-0.3, -0.25) is 0 Å². The largest absolute Gasteiger partial charge is 0.390 e. The van der Waals surface area contributed by atoms with Gasteiger partial charge in [-0.15, -0.1) is 0 Å². The van der Waals surface area contributed by atoms with Crippen molar-refractivity contribution in [1.29, 1.82) is 0 Å². The van der Waals surface area contributed by atoms with Crippen LogP contribution in [-0.4, -0.2) is 41.9 Å². The summed E-state index contributed by atoms with van der Waals surface area (Å²) in [5, 5.41) is 16.7. The molecule has 142 valence electrons. The Morgan fingerprint density at radius 2 is 1.81 bits per heavy atom. The van der Waals surface area contributed by atoms with Gasteiger partial charge in [-0.05, 0) is 54.4 Å². The second-order valence-corrected chi connectivity index (χ2v) is 6.83. The number of fused-ring (bicyclic) bond motifs is 1. The fourth-order valence-corrected chi connectivity index (χ4v) is 3.65. The molecule has 1 aliphatic rings. The molecule has 0 unspecified atom stereocenters. The molecule has 4 nitrogen and oxygen atoms in total. The summed E-state index contributed by atoms with van der Waals surface area (Å²) in [5.74, 6) is -1.67. The fraction of sp³-hybridized carbons (Fsp3) is 0.300. The molecule has 1 aliphatic heterocycles. The molecular formula is C20H20F3N3O. The van der Waals surface area contributed by atoms with Gasteiger partial charge in [0.25, 0.3) is 0 Å². The predicted molar refractivity (Wildman–Crippen MR) is 98.0 cm³/mol. The summed E-state index contributed by atoms with van der Waals surface area (Å²) in [4.78, 5) is 3.03. The van der Waals surface area contributed by atoms with Gasteiger partial charge in [0.2, 0.25) is 0 Å². The van der Waals surface area contributed by atoms with Gasteiger partial charge in [-0.25, -0.2) is 13.2 Å². The Morgan fingerprint density at radius 3 is 2.52 bits per heavy atom. The van der Waals surface area contributed by atoms with Gasteiger partial charge in [0.15, 0.2) is 0 Å². The van der Waals surface area contributed by atoms with Crippen LogP contribution >= 0.6 is 0 Å². The van der Waals surface area contributed by atoms with E-state index in [1.807, 2.05) is 0 Å². The molecule has 3 aromatic rings. The van der Waals surface area contributed by atoms with E-state index in [4.69, 9.17) is 0 Å². The number of aliphatic hydroxyl groups is 1. The van der Waals surface area contributed by atoms with Crippen LogP contribution in [0.25, 0.3) is 22.2 Å². The number of aromatic nitrogens is 1. The van der Waals surface area contributed by atoms with Crippen molar-refractivity contribution < 1.29 is 18.3 Å². The maximum atomic E-state index is 14.3. The third-order valence-corrected chi connectivity index (χ3v) is 5.03. The third kappa shape index (κ3) is 3.58. The molecule has 4 rings (SSSR count). The average Bonchev–Trinajstić information content (AvgIpc) is 3.20. The van der Waals surface area contributed by atoms with E-state index in [1.165, 1.54) is 18.2 Å². The fourth-order valence-electron chi connectivity index (χ4n) is 3.65. The second kappa shape index (κ2) is 7.34. The second-order valence-electron chi connectivity index (χ2n) is 6.83. The lowest BCUT2D eigenvalue weighted by Gasteiger charge is -2.15. The van der Waals surface area contributed by atoms with Gasteiger partial charge < -0.3 is 20.7 Å². The Labute approximate surface area is 154 Å². The number of β-amino-alcohol motifs (C(OH)–C–C–N with tert-alkyl or cyclic N) is 1. The van der Waals surface area contributed by atoms with Crippen molar-refractivity contribution in [3.63, 3.8) is 0 Å². The maximum Gasteiger partial charge on any atom is 0.150 e. The topological polar surface area (TPSA) is 60.1 Å². The lowest BCUT2D eigenvalue weighted by molar-refractivity contribution is 0.163. The molecule has 0 aliphatic carbocycles. The predicted octanol–water partition coefficient (Wildman–Crippen LogP) is 2.72. The highest BCUT2D eigenvalue weighted by molar-refractivity contribution is 5.91. The Bertz CT molecular complexity index is 955. The van der Waals surface area contributed by atoms with Crippen molar-refractivity contribution in [2.24, 2.45) is 0 Å². The normalized spacial score (nSPS) is 19.9. The van der Waals surface area contributed by atoms with Crippen LogP contribution in [0.4, 0.5) is 13.2 Å². The summed E-state index contributed by atoms with van der Waals surface area (Å²) in [7, 11) is 0. The number of H-pyrrole nitrogens is 1. The Balaban J connectivity index is 1.69. The van der Waals surface area contributed by atoms with Gasteiger partial charge in [-0.2, -0.15) is 0 Å². The quantitative estimate of drug-likeness (QED) is 0.555. The summed E-state index contributed by atoms with van der Waals surface area (Å²) in [6.45, 7) is 1.74. The molecule has 1 saturated heterocycles. The SMILES string of the molecule is O[C@@H]1CNC[C@@H]1NCCc1c(-c2ccc(F)cc2)[nH]c2c(F)cc(F)cc12. The number of hydrogen-bond acceptors (Lipinski definition) is 3. The summed E-state index contributed by atoms with van der Waals surface area (Å²) in [6, 6.07) is 7.98. The first kappa shape index (κ1) is 18.0. The van der Waals surface area contributed by atoms with Gasteiger partial charge in [0, 0.05) is 36.3 Å². The molecule has 0 radical (unpaired) electrons. The van der Waals surface area contributed by atoms with Crippen molar-refractivity contribution in [2.75, 3.05) is 19.6 Å². The highest BCUT2D eigenvalue weighted by atomic mass is 19.1. The molecule has 4 N–H and O–H groups in total. The molecule has 0 saturated carbocycles. The molecular weight excluding hydrogens is 355 g/mol. The third-order valence-electron chi connectivity index (χ3n) is 5.03. The van der Waals surface area contributed by atoms with Crippen LogP contribution < -0.4 is 10.6 Å². The first-order valence-corrected chi connectivity index (χ1v) is 8.90. The molecule has 7 heteroatoms. The van der Waals surface area contributed by atoms with Crippen molar-refractivity contribution in [2.45, 2.75) is 18.6 Å². The number of halogens is 3. The number of benzene rings is 2. The van der Waals surface area contributed by atoms with E-state index in [0.717, 1.165) is 11.6 Å². The minimum Gasteiger partial charge on any atom is -0.390 e. The molecule has 27 heavy (non-hydrogen) atoms. The first-order chi connectivity index (χ1) is 13.0. The Morgan fingerprint density at radius 1 is 1.04 bits per heavy atom. The van der Waals surface area contributed by atoms with Crippen molar-refractivity contribution in [1.82, 2.24) is 15.6 Å². The monoisotopic (exact) mass is 375 g/mol. The lowest BCUT2D eigenvalue weighted by atomic mass is 10.0. The van der Waals surface area contributed by atoms with E-state index in [0.29, 0.717) is 42.7 Å². The van der Waals surface area contributed by atoms with E-state index in [9.17, 15) is 18.3 Å². The summed E-state index contributed by atoms with van der Waals surface area (Å²) in [5.41, 5.74) is 2.32. The smallest absolute Gasteiger partial charge is 0.150 e. The Kier molecular flexibility index (Phi) is 4.90. The summed E-state index contributed by atoms with van der Waals surface area (Å²) in [6.07, 6.45) is 0.0400. The van der Waals surface area contributed by atoms with Crippen LogP contribution in [0.2, 0.25) is 0 Å². The average molecular weight is 375 g/mol. The lowest BCUT2D eigenvalue weighted by Crippen LogP contribution is -2.40. The first-order valence-electron chi connectivity index (χ1n) is 8.90. The maximum absolute atomic E-state index is 14.3. The van der Waals surface area contributed by atoms with Gasteiger partial charge in [-0.1, -0.05) is 0 Å². The highest BCUT2D eigenvalue weighted by Gasteiger charge is 2.24. The summed E-state index contributed by atoms with van der Waals surface area (Å²) >= 11 is 0. The number of aromatic amines is 1. The van der Waals surface area contributed by atoms with Crippen LogP contribution in [0.1, 0.15) is 5.56 Å². The van der Waals surface area contributed by atoms with Crippen molar-refractivity contribution in [3.05, 3.63) is 59.4 Å². The highest BCUT2D eigenvalue weighted by Crippen LogP contribution is 2.32. The molecule has 0 spiro atoms. The zero-order chi connectivity index (χ0) is 19.0. The van der Waals surface area contributed by atoms with Gasteiger partial charge >= 0.3 is 0 Å².